The Hall–Kier alpha value is -3.09. The Balaban J connectivity index is 1.80. The van der Waals surface area contributed by atoms with E-state index in [1.807, 2.05) is 30.3 Å². The van der Waals surface area contributed by atoms with Crippen molar-refractivity contribution in [3.8, 4) is 17.2 Å². The Labute approximate surface area is 167 Å². The summed E-state index contributed by atoms with van der Waals surface area (Å²) in [6.07, 6.45) is 2.19. The summed E-state index contributed by atoms with van der Waals surface area (Å²) < 4.78 is 11.2. The number of ether oxygens (including phenoxy) is 2. The van der Waals surface area contributed by atoms with Gasteiger partial charge in [0.1, 0.15) is 11.5 Å². The molecule has 0 radical (unpaired) electrons. The largest absolute Gasteiger partial charge is 0.507 e. The number of aromatic hydroxyl groups is 1. The van der Waals surface area contributed by atoms with Crippen molar-refractivity contribution in [3.05, 3.63) is 63.2 Å². The molecule has 1 aliphatic heterocycles. The van der Waals surface area contributed by atoms with Gasteiger partial charge >= 0.3 is 0 Å². The molecular formula is C22H21NO6. The van der Waals surface area contributed by atoms with Crippen molar-refractivity contribution in [3.63, 3.8) is 0 Å². The highest BCUT2D eigenvalue weighted by atomic mass is 16.7. The predicted molar refractivity (Wildman–Crippen MR) is 103 cm³/mol. The maximum absolute atomic E-state index is 12.4. The zero-order valence-electron chi connectivity index (χ0n) is 15.8. The lowest BCUT2D eigenvalue weighted by Gasteiger charge is -2.45. The fourth-order valence-corrected chi connectivity index (χ4v) is 5.57. The van der Waals surface area contributed by atoms with Gasteiger partial charge in [-0.2, -0.15) is 0 Å². The van der Waals surface area contributed by atoms with Crippen LogP contribution in [-0.4, -0.2) is 28.6 Å². The molecule has 0 aromatic heterocycles. The van der Waals surface area contributed by atoms with Gasteiger partial charge in [0, 0.05) is 40.4 Å². The van der Waals surface area contributed by atoms with Gasteiger partial charge in [-0.3, -0.25) is 14.9 Å². The Morgan fingerprint density at radius 2 is 1.97 bits per heavy atom. The van der Waals surface area contributed by atoms with Crippen LogP contribution in [0.25, 0.3) is 0 Å². The molecule has 2 aromatic carbocycles. The highest BCUT2D eigenvalue weighted by molar-refractivity contribution is 5.80. The Morgan fingerprint density at radius 3 is 2.69 bits per heavy atom. The standard InChI is InChI=1S/C22H21NO6/c24-14-7-4-8-22(10-14)11-15-19(16(25)9-17-20(15)29-12-28-17)18(21(22)23(26)27)13-5-2-1-3-6-13/h1-3,5-6,9,18,21,25H,4,7-8,10-12H2. The molecule has 150 valence electrons. The van der Waals surface area contributed by atoms with Crippen LogP contribution in [0, 0.1) is 15.5 Å². The summed E-state index contributed by atoms with van der Waals surface area (Å²) in [5, 5.41) is 23.3. The number of hydrogen-bond donors (Lipinski definition) is 1. The van der Waals surface area contributed by atoms with Crippen LogP contribution in [-0.2, 0) is 11.2 Å². The normalized spacial score (nSPS) is 27.7. The van der Waals surface area contributed by atoms with Gasteiger partial charge in [0.25, 0.3) is 0 Å². The summed E-state index contributed by atoms with van der Waals surface area (Å²) in [5.74, 6) is 0.354. The molecule has 3 aliphatic rings. The van der Waals surface area contributed by atoms with Crippen LogP contribution in [0.1, 0.15) is 48.3 Å². The molecule has 1 heterocycles. The maximum atomic E-state index is 12.4. The first-order valence-electron chi connectivity index (χ1n) is 9.85. The lowest BCUT2D eigenvalue weighted by atomic mass is 9.56. The van der Waals surface area contributed by atoms with E-state index in [0.717, 1.165) is 11.1 Å². The molecule has 3 atom stereocenters. The first kappa shape index (κ1) is 18.0. The lowest BCUT2D eigenvalue weighted by molar-refractivity contribution is -0.547. The van der Waals surface area contributed by atoms with Crippen molar-refractivity contribution < 1.29 is 24.3 Å². The van der Waals surface area contributed by atoms with Crippen molar-refractivity contribution in [1.82, 2.24) is 0 Å². The van der Waals surface area contributed by atoms with Crippen LogP contribution >= 0.6 is 0 Å². The highest BCUT2D eigenvalue weighted by Gasteiger charge is 2.58. The molecule has 1 N–H and O–H groups in total. The molecule has 2 aromatic rings. The summed E-state index contributed by atoms with van der Waals surface area (Å²) in [6.45, 7) is 0.0474. The number of phenols is 1. The van der Waals surface area contributed by atoms with Gasteiger partial charge in [0.05, 0.1) is 5.92 Å². The van der Waals surface area contributed by atoms with E-state index in [0.29, 0.717) is 42.7 Å². The Morgan fingerprint density at radius 1 is 1.17 bits per heavy atom. The van der Waals surface area contributed by atoms with Crippen LogP contribution in [0.4, 0.5) is 0 Å². The summed E-state index contributed by atoms with van der Waals surface area (Å²) >= 11 is 0. The van der Waals surface area contributed by atoms with Crippen molar-refractivity contribution in [2.45, 2.75) is 44.1 Å². The fraction of sp³-hybridized carbons (Fsp3) is 0.409. The molecule has 3 unspecified atom stereocenters. The van der Waals surface area contributed by atoms with Crippen molar-refractivity contribution in [2.24, 2.45) is 5.41 Å². The molecule has 1 saturated carbocycles. The van der Waals surface area contributed by atoms with Crippen LogP contribution in [0.2, 0.25) is 0 Å². The first-order chi connectivity index (χ1) is 14.0. The minimum atomic E-state index is -1.01. The second-order valence-corrected chi connectivity index (χ2v) is 8.25. The number of carbonyl (C=O) groups is 1. The number of nitro groups is 1. The molecule has 29 heavy (non-hydrogen) atoms. The van der Waals surface area contributed by atoms with E-state index < -0.39 is 17.4 Å². The maximum Gasteiger partial charge on any atom is 0.231 e. The van der Waals surface area contributed by atoms with Crippen molar-refractivity contribution in [1.29, 1.82) is 0 Å². The Kier molecular flexibility index (Phi) is 4.01. The summed E-state index contributed by atoms with van der Waals surface area (Å²) in [7, 11) is 0. The van der Waals surface area contributed by atoms with Gasteiger partial charge in [-0.1, -0.05) is 30.3 Å². The smallest absolute Gasteiger partial charge is 0.231 e. The number of Topliss-reactive ketones (excluding diaryl/α,β-unsaturated/α-hetero) is 1. The third-order valence-corrected chi connectivity index (χ3v) is 6.63. The van der Waals surface area contributed by atoms with E-state index in [1.165, 1.54) is 6.07 Å². The molecule has 7 heteroatoms. The second-order valence-electron chi connectivity index (χ2n) is 8.25. The van der Waals surface area contributed by atoms with Crippen LogP contribution in [0.15, 0.2) is 36.4 Å². The molecule has 1 fully saturated rings. The molecular weight excluding hydrogens is 374 g/mol. The predicted octanol–water partition coefficient (Wildman–Crippen LogP) is 3.58. The van der Waals surface area contributed by atoms with E-state index in [1.54, 1.807) is 0 Å². The summed E-state index contributed by atoms with van der Waals surface area (Å²) in [4.78, 5) is 24.6. The highest BCUT2D eigenvalue weighted by Crippen LogP contribution is 2.58. The molecule has 2 aliphatic carbocycles. The zero-order valence-corrected chi connectivity index (χ0v) is 15.8. The number of nitrogens with zero attached hydrogens (tertiary/aromatic N) is 1. The first-order valence-corrected chi connectivity index (χ1v) is 9.85. The quantitative estimate of drug-likeness (QED) is 0.616. The number of ketones is 1. The molecule has 0 bridgehead atoms. The van der Waals surface area contributed by atoms with E-state index in [2.05, 4.69) is 0 Å². The van der Waals surface area contributed by atoms with Gasteiger partial charge in [-0.05, 0) is 24.8 Å². The van der Waals surface area contributed by atoms with Gasteiger partial charge < -0.3 is 14.6 Å². The Bertz CT molecular complexity index is 1000. The van der Waals surface area contributed by atoms with Gasteiger partial charge in [0.2, 0.25) is 12.8 Å². The number of rotatable bonds is 2. The second kappa shape index (κ2) is 6.47. The van der Waals surface area contributed by atoms with E-state index in [4.69, 9.17) is 9.47 Å². The van der Waals surface area contributed by atoms with Gasteiger partial charge in [-0.15, -0.1) is 0 Å². The lowest BCUT2D eigenvalue weighted by Crippen LogP contribution is -2.52. The molecule has 5 rings (SSSR count). The average molecular weight is 395 g/mol. The van der Waals surface area contributed by atoms with Crippen LogP contribution in [0.3, 0.4) is 0 Å². The summed E-state index contributed by atoms with van der Waals surface area (Å²) in [6, 6.07) is 9.70. The van der Waals surface area contributed by atoms with E-state index in [9.17, 15) is 20.0 Å². The average Bonchev–Trinajstić information content (AvgIpc) is 3.16. The van der Waals surface area contributed by atoms with Crippen molar-refractivity contribution in [2.75, 3.05) is 6.79 Å². The number of carbonyl (C=O) groups excluding carboxylic acids is 1. The van der Waals surface area contributed by atoms with Gasteiger partial charge in [0.15, 0.2) is 11.5 Å². The molecule has 0 saturated heterocycles. The monoisotopic (exact) mass is 395 g/mol. The van der Waals surface area contributed by atoms with Crippen molar-refractivity contribution >= 4 is 5.78 Å². The topological polar surface area (TPSA) is 98.9 Å². The third kappa shape index (κ3) is 2.68. The number of hydrogen-bond acceptors (Lipinski definition) is 6. The molecule has 0 amide bonds. The van der Waals surface area contributed by atoms with E-state index >= 15 is 0 Å². The fourth-order valence-electron chi connectivity index (χ4n) is 5.57. The third-order valence-electron chi connectivity index (χ3n) is 6.63. The molecule has 1 spiro atoms. The van der Waals surface area contributed by atoms with Crippen LogP contribution < -0.4 is 9.47 Å². The van der Waals surface area contributed by atoms with Gasteiger partial charge in [-0.25, -0.2) is 0 Å². The number of benzene rings is 2. The minimum Gasteiger partial charge on any atom is -0.507 e. The van der Waals surface area contributed by atoms with E-state index in [-0.39, 0.29) is 29.7 Å². The number of fused-ring (bicyclic) bond motifs is 3. The zero-order chi connectivity index (χ0) is 20.2. The minimum absolute atomic E-state index is 0.0260. The number of phenolic OH excluding ortho intramolecular Hbond substituents is 1. The SMILES string of the molecule is O=C1CCCC2(C1)Cc1c3c(cc(O)c1C(c1ccccc1)C2[N+](=O)[O-])OCO3. The summed E-state index contributed by atoms with van der Waals surface area (Å²) in [5.41, 5.74) is 1.20. The molecule has 7 nitrogen and oxygen atoms in total. The van der Waals surface area contributed by atoms with Crippen LogP contribution in [0.5, 0.6) is 17.2 Å².